The molecule has 0 atom stereocenters. The fraction of sp³-hybridized carbons (Fsp3) is 0.243. The quantitative estimate of drug-likeness (QED) is 0.139. The van der Waals surface area contributed by atoms with Gasteiger partial charge in [-0.1, -0.05) is 44.2 Å². The van der Waals surface area contributed by atoms with Crippen LogP contribution in [-0.2, 0) is 16.0 Å². The number of carbonyl (C=O) groups is 2. The smallest absolute Gasteiger partial charge is 0.271 e. The van der Waals surface area contributed by atoms with Crippen LogP contribution in [0.5, 0.6) is 11.5 Å². The Morgan fingerprint density at radius 2 is 1.62 bits per heavy atom. The molecule has 228 valence electrons. The maximum absolute atomic E-state index is 13.9. The van der Waals surface area contributed by atoms with Crippen LogP contribution < -0.4 is 9.47 Å². The third-order valence-corrected chi connectivity index (χ3v) is 7.76. The maximum atomic E-state index is 13.9. The fourth-order valence-corrected chi connectivity index (χ4v) is 5.07. The van der Waals surface area contributed by atoms with Crippen molar-refractivity contribution in [1.29, 1.82) is 5.26 Å². The standard InChI is InChI=1S/C37H36N4O4/c1-25(2)19-21-45-32-16-12-28(13-17-32)35-29(24-41(39-35)30-8-6-5-7-9-30)22-33-26(3)34(23-38)37(43)40(36(33)42)20-18-27-10-14-31(44-4)15-11-27/h5-17,22,24-25H,18-21H2,1-4H3/b33-22+. The van der Waals surface area contributed by atoms with Crippen molar-refractivity contribution in [3.8, 4) is 34.5 Å². The second-order valence-electron chi connectivity index (χ2n) is 11.3. The molecule has 0 radical (unpaired) electrons. The SMILES string of the molecule is COc1ccc(CCN2C(=O)C(C#N)=C(C)/C(=C\c3cn(-c4ccccc4)nc3-c3ccc(OCCC(C)C)cc3)C2=O)cc1. The first-order valence-electron chi connectivity index (χ1n) is 15.0. The summed E-state index contributed by atoms with van der Waals surface area (Å²) in [6.07, 6.45) is 4.99. The van der Waals surface area contributed by atoms with Crippen molar-refractivity contribution in [3.63, 3.8) is 0 Å². The Labute approximate surface area is 263 Å². The van der Waals surface area contributed by atoms with E-state index in [1.165, 1.54) is 0 Å². The van der Waals surface area contributed by atoms with Gasteiger partial charge in [0, 0.05) is 29.4 Å². The van der Waals surface area contributed by atoms with Crippen LogP contribution >= 0.6 is 0 Å². The van der Waals surface area contributed by atoms with Gasteiger partial charge in [0.15, 0.2) is 0 Å². The molecular formula is C37H36N4O4. The summed E-state index contributed by atoms with van der Waals surface area (Å²) in [5.74, 6) is 1.01. The third-order valence-electron chi connectivity index (χ3n) is 7.76. The minimum Gasteiger partial charge on any atom is -0.497 e. The van der Waals surface area contributed by atoms with E-state index in [9.17, 15) is 14.9 Å². The van der Waals surface area contributed by atoms with Crippen LogP contribution in [0.1, 0.15) is 38.3 Å². The van der Waals surface area contributed by atoms with Crippen LogP contribution in [0.25, 0.3) is 23.0 Å². The molecule has 1 aliphatic heterocycles. The summed E-state index contributed by atoms with van der Waals surface area (Å²) in [6.45, 7) is 6.74. The summed E-state index contributed by atoms with van der Waals surface area (Å²) >= 11 is 0. The van der Waals surface area contributed by atoms with Crippen molar-refractivity contribution < 1.29 is 19.1 Å². The largest absolute Gasteiger partial charge is 0.497 e. The van der Waals surface area contributed by atoms with E-state index in [1.54, 1.807) is 24.8 Å². The zero-order chi connectivity index (χ0) is 31.9. The minimum atomic E-state index is -0.584. The molecule has 2 heterocycles. The number of imide groups is 1. The molecule has 8 heteroatoms. The molecule has 0 bridgehead atoms. The number of methoxy groups -OCH3 is 1. The van der Waals surface area contributed by atoms with Gasteiger partial charge in [0.25, 0.3) is 11.8 Å². The van der Waals surface area contributed by atoms with E-state index in [1.807, 2.05) is 91.1 Å². The molecule has 1 aromatic heterocycles. The van der Waals surface area contributed by atoms with Crippen LogP contribution in [-0.4, -0.2) is 46.8 Å². The molecule has 0 saturated carbocycles. The van der Waals surface area contributed by atoms with E-state index < -0.39 is 11.8 Å². The van der Waals surface area contributed by atoms with Crippen molar-refractivity contribution in [2.24, 2.45) is 5.92 Å². The van der Waals surface area contributed by atoms with E-state index >= 15 is 0 Å². The number of benzene rings is 3. The van der Waals surface area contributed by atoms with Gasteiger partial charge in [0.1, 0.15) is 23.1 Å². The van der Waals surface area contributed by atoms with Crippen LogP contribution in [0, 0.1) is 17.2 Å². The lowest BCUT2D eigenvalue weighted by molar-refractivity contribution is -0.140. The lowest BCUT2D eigenvalue weighted by Crippen LogP contribution is -2.43. The molecule has 0 fully saturated rings. The lowest BCUT2D eigenvalue weighted by Gasteiger charge is -2.27. The van der Waals surface area contributed by atoms with E-state index in [0.29, 0.717) is 35.8 Å². The molecule has 0 N–H and O–H groups in total. The molecule has 0 aliphatic carbocycles. The normalized spacial score (nSPS) is 14.3. The van der Waals surface area contributed by atoms with Crippen molar-refractivity contribution in [2.75, 3.05) is 20.3 Å². The van der Waals surface area contributed by atoms with Gasteiger partial charge in [-0.2, -0.15) is 10.4 Å². The number of nitriles is 1. The summed E-state index contributed by atoms with van der Waals surface area (Å²) in [7, 11) is 1.60. The minimum absolute atomic E-state index is 0.0459. The number of nitrogens with zero attached hydrogens (tertiary/aromatic N) is 4. The molecule has 5 rings (SSSR count). The summed E-state index contributed by atoms with van der Waals surface area (Å²) in [5.41, 5.74) is 4.55. The third kappa shape index (κ3) is 7.05. The Morgan fingerprint density at radius 1 is 0.933 bits per heavy atom. The van der Waals surface area contributed by atoms with Gasteiger partial charge in [0.05, 0.1) is 25.1 Å². The first kappa shape index (κ1) is 31.0. The second kappa shape index (κ2) is 13.9. The number of amides is 2. The zero-order valence-corrected chi connectivity index (χ0v) is 26.0. The summed E-state index contributed by atoms with van der Waals surface area (Å²) in [4.78, 5) is 28.3. The van der Waals surface area contributed by atoms with Crippen LogP contribution in [0.2, 0.25) is 0 Å². The Hall–Kier alpha value is -5.42. The van der Waals surface area contributed by atoms with Gasteiger partial charge in [-0.15, -0.1) is 0 Å². The molecular weight excluding hydrogens is 564 g/mol. The molecule has 45 heavy (non-hydrogen) atoms. The number of aromatic nitrogens is 2. The van der Waals surface area contributed by atoms with Gasteiger partial charge < -0.3 is 9.47 Å². The number of hydrogen-bond acceptors (Lipinski definition) is 6. The average molecular weight is 601 g/mol. The first-order valence-corrected chi connectivity index (χ1v) is 15.0. The molecule has 4 aromatic rings. The lowest BCUT2D eigenvalue weighted by atomic mass is 9.93. The van der Waals surface area contributed by atoms with Gasteiger partial charge in [-0.25, -0.2) is 4.68 Å². The number of hydrogen-bond donors (Lipinski definition) is 0. The van der Waals surface area contributed by atoms with E-state index in [0.717, 1.165) is 39.6 Å². The van der Waals surface area contributed by atoms with Gasteiger partial charge >= 0.3 is 0 Å². The Balaban J connectivity index is 1.51. The number of rotatable bonds is 11. The van der Waals surface area contributed by atoms with E-state index in [2.05, 4.69) is 13.8 Å². The van der Waals surface area contributed by atoms with Gasteiger partial charge in [0.2, 0.25) is 0 Å². The van der Waals surface area contributed by atoms with E-state index in [4.69, 9.17) is 14.6 Å². The molecule has 0 unspecified atom stereocenters. The summed E-state index contributed by atoms with van der Waals surface area (Å²) < 4.78 is 12.9. The van der Waals surface area contributed by atoms with Crippen molar-refractivity contribution in [2.45, 2.75) is 33.6 Å². The van der Waals surface area contributed by atoms with Crippen LogP contribution in [0.3, 0.4) is 0 Å². The molecule has 3 aromatic carbocycles. The number of para-hydroxylation sites is 1. The monoisotopic (exact) mass is 600 g/mol. The van der Waals surface area contributed by atoms with Crippen LogP contribution in [0.15, 0.2) is 102 Å². The fourth-order valence-electron chi connectivity index (χ4n) is 5.07. The summed E-state index contributed by atoms with van der Waals surface area (Å²) in [6, 6.07) is 26.9. The van der Waals surface area contributed by atoms with Gasteiger partial charge in [-0.05, 0) is 91.4 Å². The zero-order valence-electron chi connectivity index (χ0n) is 26.0. The average Bonchev–Trinajstić information content (AvgIpc) is 3.48. The predicted octanol–water partition coefficient (Wildman–Crippen LogP) is 6.81. The summed E-state index contributed by atoms with van der Waals surface area (Å²) in [5, 5.41) is 14.8. The maximum Gasteiger partial charge on any atom is 0.271 e. The highest BCUT2D eigenvalue weighted by molar-refractivity contribution is 6.19. The van der Waals surface area contributed by atoms with E-state index in [-0.39, 0.29) is 17.7 Å². The van der Waals surface area contributed by atoms with Gasteiger partial charge in [-0.3, -0.25) is 14.5 Å². The highest BCUT2D eigenvalue weighted by atomic mass is 16.5. The Morgan fingerprint density at radius 3 is 2.27 bits per heavy atom. The number of carbonyl (C=O) groups excluding carboxylic acids is 2. The first-order chi connectivity index (χ1) is 21.8. The molecule has 2 amide bonds. The van der Waals surface area contributed by atoms with Crippen molar-refractivity contribution in [3.05, 3.63) is 113 Å². The molecule has 0 spiro atoms. The molecule has 1 aliphatic rings. The Kier molecular flexibility index (Phi) is 9.59. The molecule has 8 nitrogen and oxygen atoms in total. The highest BCUT2D eigenvalue weighted by Crippen LogP contribution is 2.32. The van der Waals surface area contributed by atoms with Crippen molar-refractivity contribution >= 4 is 17.9 Å². The van der Waals surface area contributed by atoms with Crippen molar-refractivity contribution in [1.82, 2.24) is 14.7 Å². The van der Waals surface area contributed by atoms with Crippen LogP contribution in [0.4, 0.5) is 0 Å². The Bertz CT molecular complexity index is 1780. The highest BCUT2D eigenvalue weighted by Gasteiger charge is 2.35. The molecule has 0 saturated heterocycles. The number of ether oxygens (including phenoxy) is 2. The topological polar surface area (TPSA) is 97.5 Å². The predicted molar refractivity (Wildman–Crippen MR) is 174 cm³/mol. The second-order valence-corrected chi connectivity index (χ2v) is 11.3.